The lowest BCUT2D eigenvalue weighted by atomic mass is 10.2. The second kappa shape index (κ2) is 7.63. The van der Waals surface area contributed by atoms with Crippen LogP contribution in [0.1, 0.15) is 18.5 Å². The third kappa shape index (κ3) is 4.24. The van der Waals surface area contributed by atoms with Crippen molar-refractivity contribution >= 4 is 15.9 Å². The summed E-state index contributed by atoms with van der Waals surface area (Å²) in [6.07, 6.45) is 0.694. The van der Waals surface area contributed by atoms with E-state index in [0.717, 1.165) is 10.2 Å². The Bertz CT molecular complexity index is 800. The van der Waals surface area contributed by atoms with E-state index < -0.39 is 0 Å². The molecular weight excluding hydrogens is 374 g/mol. The number of nitrogens with zero attached hydrogens (tertiary/aromatic N) is 2. The zero-order valence-electron chi connectivity index (χ0n) is 13.5. The number of rotatable bonds is 7. The molecule has 0 saturated carbocycles. The van der Waals surface area contributed by atoms with Crippen molar-refractivity contribution in [3.05, 3.63) is 52.5 Å². The fraction of sp³-hybridized carbons (Fsp3) is 0.294. The molecule has 1 atom stereocenters. The van der Waals surface area contributed by atoms with Crippen LogP contribution in [-0.2, 0) is 13.0 Å². The molecule has 126 valence electrons. The van der Waals surface area contributed by atoms with E-state index in [0.29, 0.717) is 36.3 Å². The number of hydrogen-bond acceptors (Lipinski definition) is 6. The molecule has 24 heavy (non-hydrogen) atoms. The van der Waals surface area contributed by atoms with Crippen molar-refractivity contribution < 1.29 is 13.7 Å². The summed E-state index contributed by atoms with van der Waals surface area (Å²) < 4.78 is 17.6. The van der Waals surface area contributed by atoms with Gasteiger partial charge in [-0.3, -0.25) is 0 Å². The lowest BCUT2D eigenvalue weighted by molar-refractivity contribution is 0.270. The van der Waals surface area contributed by atoms with Crippen molar-refractivity contribution in [1.82, 2.24) is 15.5 Å². The van der Waals surface area contributed by atoms with Crippen LogP contribution in [0, 0.1) is 0 Å². The summed E-state index contributed by atoms with van der Waals surface area (Å²) in [5.74, 6) is 3.02. The van der Waals surface area contributed by atoms with Crippen molar-refractivity contribution in [2.24, 2.45) is 0 Å². The number of hydrogen-bond donors (Lipinski definition) is 1. The van der Waals surface area contributed by atoms with Crippen LogP contribution in [0.2, 0.25) is 0 Å². The van der Waals surface area contributed by atoms with Crippen molar-refractivity contribution in [3.63, 3.8) is 0 Å². The van der Waals surface area contributed by atoms with Crippen LogP contribution < -0.4 is 10.1 Å². The normalized spacial score (nSPS) is 12.3. The van der Waals surface area contributed by atoms with Crippen LogP contribution >= 0.6 is 15.9 Å². The highest BCUT2D eigenvalue weighted by Crippen LogP contribution is 2.23. The van der Waals surface area contributed by atoms with E-state index in [1.165, 1.54) is 0 Å². The molecule has 2 heterocycles. The zero-order chi connectivity index (χ0) is 16.9. The van der Waals surface area contributed by atoms with Gasteiger partial charge in [-0.05, 0) is 44.3 Å². The minimum atomic E-state index is 0.279. The first kappa shape index (κ1) is 16.7. The molecule has 2 aromatic heterocycles. The molecule has 7 heteroatoms. The van der Waals surface area contributed by atoms with Gasteiger partial charge >= 0.3 is 0 Å². The molecule has 0 aliphatic heterocycles. The number of ether oxygens (including phenoxy) is 1. The van der Waals surface area contributed by atoms with Gasteiger partial charge in [-0.15, -0.1) is 0 Å². The molecule has 1 unspecified atom stereocenters. The Balaban J connectivity index is 1.63. The summed E-state index contributed by atoms with van der Waals surface area (Å²) in [5.41, 5.74) is 0. The van der Waals surface area contributed by atoms with Crippen molar-refractivity contribution in [3.8, 4) is 17.4 Å². The molecule has 0 fully saturated rings. The first-order chi connectivity index (χ1) is 11.6. The first-order valence-electron chi connectivity index (χ1n) is 7.61. The van der Waals surface area contributed by atoms with E-state index in [2.05, 4.69) is 38.3 Å². The number of aromatic nitrogens is 2. The number of furan rings is 1. The Kier molecular flexibility index (Phi) is 5.32. The molecule has 3 rings (SSSR count). The highest BCUT2D eigenvalue weighted by Gasteiger charge is 2.14. The summed E-state index contributed by atoms with van der Waals surface area (Å²) in [7, 11) is 1.90. The van der Waals surface area contributed by atoms with E-state index in [1.807, 2.05) is 37.4 Å². The summed E-state index contributed by atoms with van der Waals surface area (Å²) in [5, 5.41) is 7.11. The van der Waals surface area contributed by atoms with Gasteiger partial charge in [-0.25, -0.2) is 0 Å². The number of benzene rings is 1. The Morgan fingerprint density at radius 3 is 2.96 bits per heavy atom. The van der Waals surface area contributed by atoms with Crippen LogP contribution in [-0.4, -0.2) is 23.2 Å². The SMILES string of the molecule is CNC(C)Cc1noc(-c2ccc(COc3cccc(Br)c3)o2)n1. The maximum atomic E-state index is 5.72. The molecule has 0 bridgehead atoms. The summed E-state index contributed by atoms with van der Waals surface area (Å²) in [6.45, 7) is 2.38. The van der Waals surface area contributed by atoms with E-state index >= 15 is 0 Å². The summed E-state index contributed by atoms with van der Waals surface area (Å²) in [6, 6.07) is 11.6. The third-order valence-corrected chi connectivity index (χ3v) is 3.99. The Hall–Kier alpha value is -2.12. The van der Waals surface area contributed by atoms with Gasteiger partial charge in [0.2, 0.25) is 0 Å². The highest BCUT2D eigenvalue weighted by molar-refractivity contribution is 9.10. The fourth-order valence-electron chi connectivity index (χ4n) is 2.09. The molecule has 1 N–H and O–H groups in total. The van der Waals surface area contributed by atoms with Gasteiger partial charge in [-0.2, -0.15) is 4.98 Å². The molecule has 0 spiro atoms. The lowest BCUT2D eigenvalue weighted by Crippen LogP contribution is -2.24. The minimum Gasteiger partial charge on any atom is -0.486 e. The van der Waals surface area contributed by atoms with Crippen LogP contribution in [0.5, 0.6) is 5.75 Å². The highest BCUT2D eigenvalue weighted by atomic mass is 79.9. The van der Waals surface area contributed by atoms with Gasteiger partial charge in [0.05, 0.1) is 0 Å². The molecule has 6 nitrogen and oxygen atoms in total. The van der Waals surface area contributed by atoms with E-state index in [-0.39, 0.29) is 6.04 Å². The standard InChI is InChI=1S/C17H18BrN3O3/c1-11(19-2)8-16-20-17(24-21-16)15-7-6-14(23-15)10-22-13-5-3-4-12(18)9-13/h3-7,9,11,19H,8,10H2,1-2H3. The second-order valence-corrected chi connectivity index (χ2v) is 6.34. The molecule has 1 aromatic carbocycles. The maximum Gasteiger partial charge on any atom is 0.293 e. The van der Waals surface area contributed by atoms with E-state index in [9.17, 15) is 0 Å². The molecule has 0 aliphatic rings. The van der Waals surface area contributed by atoms with Gasteiger partial charge in [0.15, 0.2) is 11.6 Å². The monoisotopic (exact) mass is 391 g/mol. The second-order valence-electron chi connectivity index (χ2n) is 5.42. The van der Waals surface area contributed by atoms with Gasteiger partial charge in [-0.1, -0.05) is 27.2 Å². The zero-order valence-corrected chi connectivity index (χ0v) is 15.0. The number of halogens is 1. The molecule has 0 saturated heterocycles. The number of nitrogens with one attached hydrogen (secondary N) is 1. The fourth-order valence-corrected chi connectivity index (χ4v) is 2.47. The van der Waals surface area contributed by atoms with E-state index in [1.54, 1.807) is 6.07 Å². The quantitative estimate of drug-likeness (QED) is 0.659. The van der Waals surface area contributed by atoms with Crippen LogP contribution in [0.3, 0.4) is 0 Å². The molecule has 0 radical (unpaired) electrons. The number of likely N-dealkylation sites (N-methyl/N-ethyl adjacent to an activating group) is 1. The molecule has 0 amide bonds. The van der Waals surface area contributed by atoms with Crippen LogP contribution in [0.25, 0.3) is 11.7 Å². The van der Waals surface area contributed by atoms with Crippen LogP contribution in [0.4, 0.5) is 0 Å². The average molecular weight is 392 g/mol. The predicted octanol–water partition coefficient (Wildman–Crippen LogP) is 3.82. The van der Waals surface area contributed by atoms with E-state index in [4.69, 9.17) is 13.7 Å². The average Bonchev–Trinajstić information content (AvgIpc) is 3.22. The first-order valence-corrected chi connectivity index (χ1v) is 8.40. The maximum absolute atomic E-state index is 5.72. The largest absolute Gasteiger partial charge is 0.486 e. The Morgan fingerprint density at radius 1 is 1.29 bits per heavy atom. The smallest absolute Gasteiger partial charge is 0.293 e. The minimum absolute atomic E-state index is 0.279. The summed E-state index contributed by atoms with van der Waals surface area (Å²) in [4.78, 5) is 4.35. The molecule has 3 aromatic rings. The van der Waals surface area contributed by atoms with Crippen molar-refractivity contribution in [2.75, 3.05) is 7.05 Å². The Morgan fingerprint density at radius 2 is 2.17 bits per heavy atom. The molecular formula is C17H18BrN3O3. The topological polar surface area (TPSA) is 73.3 Å². The summed E-state index contributed by atoms with van der Waals surface area (Å²) >= 11 is 3.41. The van der Waals surface area contributed by atoms with Gasteiger partial charge < -0.3 is 19.0 Å². The van der Waals surface area contributed by atoms with Gasteiger partial charge in [0.25, 0.3) is 5.89 Å². The van der Waals surface area contributed by atoms with Crippen LogP contribution in [0.15, 0.2) is 49.8 Å². The Labute approximate surface area is 148 Å². The lowest BCUT2D eigenvalue weighted by Gasteiger charge is -2.04. The third-order valence-electron chi connectivity index (χ3n) is 3.50. The van der Waals surface area contributed by atoms with Gasteiger partial charge in [0, 0.05) is 16.9 Å². The van der Waals surface area contributed by atoms with Crippen molar-refractivity contribution in [2.45, 2.75) is 26.0 Å². The predicted molar refractivity (Wildman–Crippen MR) is 92.7 cm³/mol. The van der Waals surface area contributed by atoms with Gasteiger partial charge in [0.1, 0.15) is 18.1 Å². The molecule has 0 aliphatic carbocycles. The van der Waals surface area contributed by atoms with Crippen molar-refractivity contribution in [1.29, 1.82) is 0 Å².